The second kappa shape index (κ2) is 5.80. The number of hydrogen-bond acceptors (Lipinski definition) is 3. The molecule has 0 spiro atoms. The predicted octanol–water partition coefficient (Wildman–Crippen LogP) is 1.59. The van der Waals surface area contributed by atoms with E-state index in [-0.39, 0.29) is 12.3 Å². The number of rotatable bonds is 5. The standard InChI is InChI=1S/C12H15NO3/c1-15-10-6-9(4-3-5-12(13)14)7-11(8-10)16-2/h3-4,6-8H,5H2,1-2H3,(H2,13,14). The topological polar surface area (TPSA) is 61.5 Å². The molecule has 1 amide bonds. The van der Waals surface area contributed by atoms with Crippen molar-refractivity contribution in [2.75, 3.05) is 14.2 Å². The van der Waals surface area contributed by atoms with Crippen molar-refractivity contribution in [3.8, 4) is 11.5 Å². The summed E-state index contributed by atoms with van der Waals surface area (Å²) in [5, 5.41) is 0. The van der Waals surface area contributed by atoms with Crippen LogP contribution in [-0.2, 0) is 4.79 Å². The molecular formula is C12H15NO3. The maximum Gasteiger partial charge on any atom is 0.221 e. The minimum absolute atomic E-state index is 0.222. The third-order valence-corrected chi connectivity index (χ3v) is 2.00. The molecule has 86 valence electrons. The first-order valence-electron chi connectivity index (χ1n) is 4.83. The average molecular weight is 221 g/mol. The number of benzene rings is 1. The Kier molecular flexibility index (Phi) is 4.39. The number of carbonyl (C=O) groups is 1. The van der Waals surface area contributed by atoms with E-state index in [4.69, 9.17) is 15.2 Å². The van der Waals surface area contributed by atoms with Crippen molar-refractivity contribution < 1.29 is 14.3 Å². The zero-order valence-electron chi connectivity index (χ0n) is 9.40. The van der Waals surface area contributed by atoms with Crippen LogP contribution < -0.4 is 15.2 Å². The van der Waals surface area contributed by atoms with E-state index in [1.165, 1.54) is 0 Å². The average Bonchev–Trinajstić information content (AvgIpc) is 2.28. The molecule has 0 unspecified atom stereocenters. The summed E-state index contributed by atoms with van der Waals surface area (Å²) in [5.74, 6) is 1.06. The predicted molar refractivity (Wildman–Crippen MR) is 62.4 cm³/mol. The van der Waals surface area contributed by atoms with Gasteiger partial charge in [0.2, 0.25) is 5.91 Å². The summed E-state index contributed by atoms with van der Waals surface area (Å²) in [7, 11) is 3.18. The van der Waals surface area contributed by atoms with Gasteiger partial charge in [-0.3, -0.25) is 4.79 Å². The minimum atomic E-state index is -0.355. The molecule has 0 fully saturated rings. The fourth-order valence-electron chi connectivity index (χ4n) is 1.24. The summed E-state index contributed by atoms with van der Waals surface area (Å²) in [4.78, 5) is 10.6. The highest BCUT2D eigenvalue weighted by Crippen LogP contribution is 2.23. The fraction of sp³-hybridized carbons (Fsp3) is 0.250. The summed E-state index contributed by atoms with van der Waals surface area (Å²) in [6, 6.07) is 5.48. The molecule has 0 heterocycles. The van der Waals surface area contributed by atoms with Crippen molar-refractivity contribution >= 4 is 12.0 Å². The second-order valence-electron chi connectivity index (χ2n) is 3.22. The van der Waals surface area contributed by atoms with E-state index in [1.54, 1.807) is 32.4 Å². The summed E-state index contributed by atoms with van der Waals surface area (Å²) in [5.41, 5.74) is 5.93. The van der Waals surface area contributed by atoms with Gasteiger partial charge in [-0.15, -0.1) is 0 Å². The lowest BCUT2D eigenvalue weighted by Gasteiger charge is -2.05. The third kappa shape index (κ3) is 3.65. The maximum atomic E-state index is 10.6. The first-order chi connectivity index (χ1) is 7.65. The molecule has 2 N–H and O–H groups in total. The van der Waals surface area contributed by atoms with E-state index in [0.29, 0.717) is 11.5 Å². The maximum absolute atomic E-state index is 10.6. The number of carbonyl (C=O) groups excluding carboxylic acids is 1. The lowest BCUT2D eigenvalue weighted by atomic mass is 10.1. The van der Waals surface area contributed by atoms with E-state index < -0.39 is 0 Å². The van der Waals surface area contributed by atoms with Crippen molar-refractivity contribution in [2.45, 2.75) is 6.42 Å². The summed E-state index contributed by atoms with van der Waals surface area (Å²) >= 11 is 0. The highest BCUT2D eigenvalue weighted by molar-refractivity contribution is 5.76. The van der Waals surface area contributed by atoms with Gasteiger partial charge >= 0.3 is 0 Å². The van der Waals surface area contributed by atoms with Crippen LogP contribution in [0.3, 0.4) is 0 Å². The molecule has 0 bridgehead atoms. The molecule has 0 aliphatic carbocycles. The van der Waals surface area contributed by atoms with E-state index in [1.807, 2.05) is 12.1 Å². The molecule has 0 atom stereocenters. The van der Waals surface area contributed by atoms with Gasteiger partial charge in [0.1, 0.15) is 11.5 Å². The lowest BCUT2D eigenvalue weighted by molar-refractivity contribution is -0.117. The zero-order valence-corrected chi connectivity index (χ0v) is 9.40. The molecule has 1 aromatic rings. The molecule has 0 aliphatic heterocycles. The van der Waals surface area contributed by atoms with Crippen LogP contribution in [-0.4, -0.2) is 20.1 Å². The van der Waals surface area contributed by atoms with Crippen molar-refractivity contribution in [3.05, 3.63) is 29.8 Å². The Bertz CT molecular complexity index is 377. The molecule has 0 saturated heterocycles. The highest BCUT2D eigenvalue weighted by atomic mass is 16.5. The molecule has 1 aromatic carbocycles. The van der Waals surface area contributed by atoms with Crippen LogP contribution >= 0.6 is 0 Å². The first-order valence-corrected chi connectivity index (χ1v) is 4.83. The van der Waals surface area contributed by atoms with Gasteiger partial charge in [-0.25, -0.2) is 0 Å². The monoisotopic (exact) mass is 221 g/mol. The first kappa shape index (κ1) is 12.1. The largest absolute Gasteiger partial charge is 0.497 e. The number of ether oxygens (including phenoxy) is 2. The van der Waals surface area contributed by atoms with Gasteiger partial charge < -0.3 is 15.2 Å². The van der Waals surface area contributed by atoms with E-state index >= 15 is 0 Å². The van der Waals surface area contributed by atoms with Crippen molar-refractivity contribution in [1.29, 1.82) is 0 Å². The second-order valence-corrected chi connectivity index (χ2v) is 3.22. The number of methoxy groups -OCH3 is 2. The summed E-state index contributed by atoms with van der Waals surface area (Å²) in [6.45, 7) is 0. The molecule has 0 aromatic heterocycles. The van der Waals surface area contributed by atoms with Gasteiger partial charge in [0.05, 0.1) is 14.2 Å². The van der Waals surface area contributed by atoms with E-state index in [9.17, 15) is 4.79 Å². The molecule has 16 heavy (non-hydrogen) atoms. The third-order valence-electron chi connectivity index (χ3n) is 2.00. The minimum Gasteiger partial charge on any atom is -0.497 e. The normalized spacial score (nSPS) is 10.4. The summed E-state index contributed by atoms with van der Waals surface area (Å²) < 4.78 is 10.2. The van der Waals surface area contributed by atoms with Gasteiger partial charge in [0, 0.05) is 12.5 Å². The quantitative estimate of drug-likeness (QED) is 0.821. The van der Waals surface area contributed by atoms with Crippen LogP contribution in [0.25, 0.3) is 6.08 Å². The van der Waals surface area contributed by atoms with Crippen LogP contribution in [0.15, 0.2) is 24.3 Å². The van der Waals surface area contributed by atoms with Crippen LogP contribution in [0.5, 0.6) is 11.5 Å². The Morgan fingerprint density at radius 3 is 2.25 bits per heavy atom. The van der Waals surface area contributed by atoms with Crippen LogP contribution in [0.4, 0.5) is 0 Å². The van der Waals surface area contributed by atoms with Crippen molar-refractivity contribution in [2.24, 2.45) is 5.73 Å². The molecule has 0 aliphatic rings. The Morgan fingerprint density at radius 1 is 1.25 bits per heavy atom. The van der Waals surface area contributed by atoms with Crippen LogP contribution in [0.1, 0.15) is 12.0 Å². The molecule has 1 rings (SSSR count). The Morgan fingerprint density at radius 2 is 1.81 bits per heavy atom. The molecule has 0 saturated carbocycles. The molecule has 4 heteroatoms. The number of nitrogens with two attached hydrogens (primary N) is 1. The Hall–Kier alpha value is -1.97. The lowest BCUT2D eigenvalue weighted by Crippen LogP contribution is -2.07. The SMILES string of the molecule is COc1cc(C=CCC(N)=O)cc(OC)c1. The van der Waals surface area contributed by atoms with Gasteiger partial charge in [-0.1, -0.05) is 12.2 Å². The van der Waals surface area contributed by atoms with Gasteiger partial charge in [0.15, 0.2) is 0 Å². The number of amides is 1. The number of hydrogen-bond donors (Lipinski definition) is 1. The zero-order chi connectivity index (χ0) is 12.0. The van der Waals surface area contributed by atoms with Crippen LogP contribution in [0, 0.1) is 0 Å². The number of primary amides is 1. The van der Waals surface area contributed by atoms with Crippen molar-refractivity contribution in [3.63, 3.8) is 0 Å². The van der Waals surface area contributed by atoms with Gasteiger partial charge in [-0.05, 0) is 17.7 Å². The van der Waals surface area contributed by atoms with Gasteiger partial charge in [0.25, 0.3) is 0 Å². The van der Waals surface area contributed by atoms with Crippen LogP contribution in [0.2, 0.25) is 0 Å². The summed E-state index contributed by atoms with van der Waals surface area (Å²) in [6.07, 6.45) is 3.73. The Labute approximate surface area is 94.7 Å². The van der Waals surface area contributed by atoms with Gasteiger partial charge in [-0.2, -0.15) is 0 Å². The fourth-order valence-corrected chi connectivity index (χ4v) is 1.24. The molecule has 4 nitrogen and oxygen atoms in total. The van der Waals surface area contributed by atoms with E-state index in [0.717, 1.165) is 5.56 Å². The smallest absolute Gasteiger partial charge is 0.221 e. The van der Waals surface area contributed by atoms with E-state index in [2.05, 4.69) is 0 Å². The molecular weight excluding hydrogens is 206 g/mol. The molecule has 0 radical (unpaired) electrons. The highest BCUT2D eigenvalue weighted by Gasteiger charge is 1.99. The Balaban J connectivity index is 2.86. The van der Waals surface area contributed by atoms with Crippen molar-refractivity contribution in [1.82, 2.24) is 0 Å².